The van der Waals surface area contributed by atoms with Gasteiger partial charge in [0.15, 0.2) is 0 Å². The smallest absolute Gasteiger partial charge is 0.129 e. The van der Waals surface area contributed by atoms with Crippen molar-refractivity contribution >= 4 is 0 Å². The van der Waals surface area contributed by atoms with E-state index in [1.807, 2.05) is 6.07 Å². The summed E-state index contributed by atoms with van der Waals surface area (Å²) in [7, 11) is 1.68. The average molecular weight is 253 g/mol. The van der Waals surface area contributed by atoms with Crippen LogP contribution in [0.15, 0.2) is 18.2 Å². The zero-order chi connectivity index (χ0) is 13.0. The summed E-state index contributed by atoms with van der Waals surface area (Å²) in [5.74, 6) is 0.403. The van der Waals surface area contributed by atoms with Gasteiger partial charge in [-0.1, -0.05) is 6.07 Å². The van der Waals surface area contributed by atoms with Crippen LogP contribution in [-0.4, -0.2) is 32.4 Å². The van der Waals surface area contributed by atoms with E-state index in [1.165, 1.54) is 6.07 Å². The normalized spacial score (nSPS) is 16.6. The Balaban J connectivity index is 1.86. The maximum atomic E-state index is 13.4. The second-order valence-electron chi connectivity index (χ2n) is 4.87. The first-order chi connectivity index (χ1) is 8.65. The molecular weight excluding hydrogens is 233 g/mol. The van der Waals surface area contributed by atoms with Crippen molar-refractivity contribution in [3.63, 3.8) is 0 Å². The van der Waals surface area contributed by atoms with Crippen LogP contribution in [0.25, 0.3) is 0 Å². The Morgan fingerprint density at radius 3 is 2.78 bits per heavy atom. The van der Waals surface area contributed by atoms with Crippen LogP contribution < -0.4 is 10.1 Å². The quantitative estimate of drug-likeness (QED) is 0.756. The zero-order valence-electron chi connectivity index (χ0n) is 11.0. The minimum Gasteiger partial charge on any atom is -0.486 e. The highest BCUT2D eigenvalue weighted by Crippen LogP contribution is 2.39. The minimum absolute atomic E-state index is 0.143. The first-order valence-electron chi connectivity index (χ1n) is 6.30. The molecule has 0 amide bonds. The Morgan fingerprint density at radius 1 is 1.39 bits per heavy atom. The highest BCUT2D eigenvalue weighted by atomic mass is 19.1. The van der Waals surface area contributed by atoms with Crippen LogP contribution in [0.2, 0.25) is 0 Å². The van der Waals surface area contributed by atoms with Gasteiger partial charge in [-0.2, -0.15) is 0 Å². The van der Waals surface area contributed by atoms with E-state index in [4.69, 9.17) is 9.47 Å². The van der Waals surface area contributed by atoms with Crippen molar-refractivity contribution in [1.82, 2.24) is 5.32 Å². The molecule has 1 aliphatic carbocycles. The molecule has 1 aliphatic rings. The van der Waals surface area contributed by atoms with Gasteiger partial charge < -0.3 is 14.8 Å². The fourth-order valence-electron chi connectivity index (χ4n) is 1.83. The molecule has 2 rings (SSSR count). The van der Waals surface area contributed by atoms with Gasteiger partial charge in [0.2, 0.25) is 0 Å². The Hall–Kier alpha value is -1.13. The topological polar surface area (TPSA) is 30.5 Å². The number of benzene rings is 1. The summed E-state index contributed by atoms with van der Waals surface area (Å²) in [5, 5.41) is 3.29. The maximum absolute atomic E-state index is 13.4. The fraction of sp³-hybridized carbons (Fsp3) is 0.571. The Kier molecular flexibility index (Phi) is 4.19. The SMILES string of the molecule is COCCNCC1(Oc2ccc(C)c(F)c2)CC1. The molecule has 0 unspecified atom stereocenters. The number of halogens is 1. The number of methoxy groups -OCH3 is 1. The highest BCUT2D eigenvalue weighted by Gasteiger charge is 2.45. The van der Waals surface area contributed by atoms with Crippen molar-refractivity contribution in [1.29, 1.82) is 0 Å². The molecule has 1 saturated carbocycles. The van der Waals surface area contributed by atoms with Crippen LogP contribution >= 0.6 is 0 Å². The lowest BCUT2D eigenvalue weighted by atomic mass is 10.2. The molecule has 0 atom stereocenters. The lowest BCUT2D eigenvalue weighted by molar-refractivity contribution is 0.161. The van der Waals surface area contributed by atoms with E-state index in [9.17, 15) is 4.39 Å². The molecule has 0 aliphatic heterocycles. The van der Waals surface area contributed by atoms with Gasteiger partial charge in [0.25, 0.3) is 0 Å². The molecule has 3 nitrogen and oxygen atoms in total. The monoisotopic (exact) mass is 253 g/mol. The second kappa shape index (κ2) is 5.67. The average Bonchev–Trinajstić information content (AvgIpc) is 3.10. The molecule has 0 aromatic heterocycles. The summed E-state index contributed by atoms with van der Waals surface area (Å²) in [6, 6.07) is 5.04. The fourth-order valence-corrected chi connectivity index (χ4v) is 1.83. The number of ether oxygens (including phenoxy) is 2. The molecule has 0 spiro atoms. The largest absolute Gasteiger partial charge is 0.486 e. The summed E-state index contributed by atoms with van der Waals surface area (Å²) in [4.78, 5) is 0. The van der Waals surface area contributed by atoms with Crippen LogP contribution in [0.1, 0.15) is 18.4 Å². The molecule has 100 valence electrons. The first kappa shape index (κ1) is 13.3. The van der Waals surface area contributed by atoms with E-state index in [-0.39, 0.29) is 11.4 Å². The zero-order valence-corrected chi connectivity index (χ0v) is 11.0. The van der Waals surface area contributed by atoms with Gasteiger partial charge >= 0.3 is 0 Å². The number of nitrogens with one attached hydrogen (secondary N) is 1. The van der Waals surface area contributed by atoms with Crippen molar-refractivity contribution in [3.05, 3.63) is 29.6 Å². The predicted molar refractivity (Wildman–Crippen MR) is 68.5 cm³/mol. The molecular formula is C14H20FNO2. The lowest BCUT2D eigenvalue weighted by Gasteiger charge is -2.19. The summed E-state index contributed by atoms with van der Waals surface area (Å²) in [6.07, 6.45) is 2.03. The van der Waals surface area contributed by atoms with E-state index in [0.29, 0.717) is 17.9 Å². The van der Waals surface area contributed by atoms with Crippen LogP contribution in [0, 0.1) is 12.7 Å². The van der Waals surface area contributed by atoms with Gasteiger partial charge in [0, 0.05) is 26.3 Å². The van der Waals surface area contributed by atoms with Gasteiger partial charge in [-0.3, -0.25) is 0 Å². The van der Waals surface area contributed by atoms with E-state index in [2.05, 4.69) is 5.32 Å². The van der Waals surface area contributed by atoms with Gasteiger partial charge in [-0.25, -0.2) is 4.39 Å². The number of aryl methyl sites for hydroxylation is 1. The van der Waals surface area contributed by atoms with Crippen molar-refractivity contribution in [3.8, 4) is 5.75 Å². The van der Waals surface area contributed by atoms with Crippen molar-refractivity contribution < 1.29 is 13.9 Å². The van der Waals surface area contributed by atoms with Gasteiger partial charge in [-0.15, -0.1) is 0 Å². The molecule has 0 bridgehead atoms. The van der Waals surface area contributed by atoms with Crippen LogP contribution in [0.5, 0.6) is 5.75 Å². The van der Waals surface area contributed by atoms with Crippen LogP contribution in [0.3, 0.4) is 0 Å². The molecule has 1 fully saturated rings. The van der Waals surface area contributed by atoms with E-state index < -0.39 is 0 Å². The standard InChI is InChI=1S/C14H20FNO2/c1-11-3-4-12(9-13(11)15)18-14(5-6-14)10-16-7-8-17-2/h3-4,9,16H,5-8,10H2,1-2H3. The third kappa shape index (κ3) is 3.43. The van der Waals surface area contributed by atoms with Crippen molar-refractivity contribution in [2.75, 3.05) is 26.8 Å². The van der Waals surface area contributed by atoms with Crippen LogP contribution in [0.4, 0.5) is 4.39 Å². The van der Waals surface area contributed by atoms with E-state index >= 15 is 0 Å². The van der Waals surface area contributed by atoms with Gasteiger partial charge in [0.05, 0.1) is 6.61 Å². The van der Waals surface area contributed by atoms with E-state index in [0.717, 1.165) is 25.9 Å². The summed E-state index contributed by atoms with van der Waals surface area (Å²) in [5.41, 5.74) is 0.500. The predicted octanol–water partition coefficient (Wildman–Crippen LogP) is 2.28. The van der Waals surface area contributed by atoms with Crippen molar-refractivity contribution in [2.45, 2.75) is 25.4 Å². The molecule has 0 heterocycles. The Bertz CT molecular complexity index is 405. The van der Waals surface area contributed by atoms with Gasteiger partial charge in [0.1, 0.15) is 17.2 Å². The second-order valence-corrected chi connectivity index (χ2v) is 4.87. The number of rotatable bonds is 7. The maximum Gasteiger partial charge on any atom is 0.129 e. The molecule has 1 N–H and O–H groups in total. The van der Waals surface area contributed by atoms with Crippen molar-refractivity contribution in [2.24, 2.45) is 0 Å². The third-order valence-corrected chi connectivity index (χ3v) is 3.22. The minimum atomic E-state index is -0.212. The molecule has 0 saturated heterocycles. The number of hydrogen-bond acceptors (Lipinski definition) is 3. The third-order valence-electron chi connectivity index (χ3n) is 3.22. The Labute approximate surface area is 107 Å². The molecule has 1 aromatic rings. The molecule has 0 radical (unpaired) electrons. The summed E-state index contributed by atoms with van der Waals surface area (Å²) >= 11 is 0. The van der Waals surface area contributed by atoms with Gasteiger partial charge in [-0.05, 0) is 31.4 Å². The van der Waals surface area contributed by atoms with Crippen LogP contribution in [-0.2, 0) is 4.74 Å². The highest BCUT2D eigenvalue weighted by molar-refractivity contribution is 5.29. The first-order valence-corrected chi connectivity index (χ1v) is 6.30. The summed E-state index contributed by atoms with van der Waals surface area (Å²) < 4.78 is 24.3. The molecule has 4 heteroatoms. The summed E-state index contributed by atoms with van der Waals surface area (Å²) in [6.45, 7) is 4.03. The number of hydrogen-bond donors (Lipinski definition) is 1. The lowest BCUT2D eigenvalue weighted by Crippen LogP contribution is -2.35. The van der Waals surface area contributed by atoms with E-state index in [1.54, 1.807) is 20.1 Å². The molecule has 1 aromatic carbocycles. The Morgan fingerprint density at radius 2 is 2.17 bits per heavy atom. The molecule has 18 heavy (non-hydrogen) atoms.